The molecule has 1 aromatic rings. The van der Waals surface area contributed by atoms with Gasteiger partial charge in [-0.2, -0.15) is 0 Å². The van der Waals surface area contributed by atoms with Crippen LogP contribution in [0.1, 0.15) is 19.3 Å². The summed E-state index contributed by atoms with van der Waals surface area (Å²) in [6.07, 6.45) is 4.17. The molecule has 0 aliphatic carbocycles. The summed E-state index contributed by atoms with van der Waals surface area (Å²) >= 11 is 0. The van der Waals surface area contributed by atoms with Crippen molar-refractivity contribution in [2.75, 3.05) is 31.6 Å². The molecule has 1 fully saturated rings. The van der Waals surface area contributed by atoms with E-state index < -0.39 is 0 Å². The molecule has 0 N–H and O–H groups in total. The van der Waals surface area contributed by atoms with E-state index in [1.165, 1.54) is 12.0 Å². The zero-order valence-corrected chi connectivity index (χ0v) is 12.5. The van der Waals surface area contributed by atoms with E-state index in [0.717, 1.165) is 5.69 Å². The molecule has 1 saturated heterocycles. The number of hydrogen-bond acceptors (Lipinski definition) is 5. The lowest BCUT2D eigenvalue weighted by atomic mass is 10.2. The van der Waals surface area contributed by atoms with Gasteiger partial charge in [0.05, 0.1) is 19.0 Å². The van der Waals surface area contributed by atoms with Gasteiger partial charge in [-0.3, -0.25) is 19.4 Å². The molecule has 0 radical (unpaired) electrons. The van der Waals surface area contributed by atoms with Crippen molar-refractivity contribution >= 4 is 23.5 Å². The second-order valence-electron chi connectivity index (χ2n) is 5.00. The Bertz CT molecular complexity index is 547. The molecule has 0 atom stereocenters. The van der Waals surface area contributed by atoms with Crippen LogP contribution in [0.15, 0.2) is 24.5 Å². The Labute approximate surface area is 128 Å². The van der Waals surface area contributed by atoms with E-state index in [1.54, 1.807) is 23.4 Å². The Morgan fingerprint density at radius 3 is 2.77 bits per heavy atom. The summed E-state index contributed by atoms with van der Waals surface area (Å²) in [5.41, 5.74) is 0.741. The lowest BCUT2D eigenvalue weighted by Crippen LogP contribution is -2.52. The molecule has 0 aromatic carbocycles. The third-order valence-electron chi connectivity index (χ3n) is 3.53. The van der Waals surface area contributed by atoms with Crippen molar-refractivity contribution in [3.05, 3.63) is 24.5 Å². The number of methoxy groups -OCH3 is 1. The highest BCUT2D eigenvalue weighted by Gasteiger charge is 2.27. The fourth-order valence-electron chi connectivity index (χ4n) is 2.32. The predicted octanol–water partition coefficient (Wildman–Crippen LogP) is 0.600. The van der Waals surface area contributed by atoms with Gasteiger partial charge in [-0.05, 0) is 18.6 Å². The number of pyridine rings is 1. The molecule has 1 aliphatic rings. The van der Waals surface area contributed by atoms with E-state index in [1.807, 2.05) is 6.07 Å². The van der Waals surface area contributed by atoms with Crippen LogP contribution in [0.4, 0.5) is 5.69 Å². The highest BCUT2D eigenvalue weighted by Crippen LogP contribution is 2.16. The van der Waals surface area contributed by atoms with Crippen molar-refractivity contribution in [3.63, 3.8) is 0 Å². The molecule has 0 bridgehead atoms. The highest BCUT2D eigenvalue weighted by molar-refractivity contribution is 5.97. The Hall–Kier alpha value is -2.44. The quantitative estimate of drug-likeness (QED) is 0.744. The number of aromatic nitrogens is 1. The van der Waals surface area contributed by atoms with Crippen LogP contribution in [0.25, 0.3) is 0 Å². The molecule has 118 valence electrons. The summed E-state index contributed by atoms with van der Waals surface area (Å²) in [7, 11) is 1.32. The van der Waals surface area contributed by atoms with E-state index in [9.17, 15) is 14.4 Å². The number of carbonyl (C=O) groups excluding carboxylic acids is 3. The number of ether oxygens (including phenoxy) is 1. The third-order valence-corrected chi connectivity index (χ3v) is 3.53. The number of esters is 1. The fourth-order valence-corrected chi connectivity index (χ4v) is 2.32. The Morgan fingerprint density at radius 1 is 1.32 bits per heavy atom. The smallest absolute Gasteiger partial charge is 0.305 e. The molecule has 2 rings (SSSR count). The third kappa shape index (κ3) is 4.03. The van der Waals surface area contributed by atoms with E-state index in [4.69, 9.17) is 0 Å². The van der Waals surface area contributed by atoms with Crippen molar-refractivity contribution in [1.29, 1.82) is 0 Å². The second kappa shape index (κ2) is 7.53. The van der Waals surface area contributed by atoms with Crippen LogP contribution in [-0.2, 0) is 19.1 Å². The number of rotatable bonds is 5. The van der Waals surface area contributed by atoms with Gasteiger partial charge in [-0.1, -0.05) is 0 Å². The molecule has 0 saturated carbocycles. The van der Waals surface area contributed by atoms with Crippen LogP contribution in [-0.4, -0.2) is 54.4 Å². The molecular formula is C15H19N3O4. The van der Waals surface area contributed by atoms with Gasteiger partial charge in [0, 0.05) is 32.1 Å². The lowest BCUT2D eigenvalue weighted by molar-refractivity contribution is -0.141. The summed E-state index contributed by atoms with van der Waals surface area (Å²) in [4.78, 5) is 42.4. The highest BCUT2D eigenvalue weighted by atomic mass is 16.5. The first-order valence-corrected chi connectivity index (χ1v) is 7.17. The first-order chi connectivity index (χ1) is 10.6. The molecule has 2 heterocycles. The van der Waals surface area contributed by atoms with Crippen molar-refractivity contribution < 1.29 is 19.1 Å². The SMILES string of the molecule is COC(=O)CCCC(=O)N1CCN(c2cccnc2)C(=O)C1. The zero-order chi connectivity index (χ0) is 15.9. The minimum absolute atomic E-state index is 0.0615. The molecule has 1 aromatic heterocycles. The van der Waals surface area contributed by atoms with Crippen LogP contribution in [0.2, 0.25) is 0 Å². The summed E-state index contributed by atoms with van der Waals surface area (Å²) in [6.45, 7) is 0.997. The average Bonchev–Trinajstić information content (AvgIpc) is 2.55. The molecule has 1 aliphatic heterocycles. The van der Waals surface area contributed by atoms with Gasteiger partial charge >= 0.3 is 5.97 Å². The van der Waals surface area contributed by atoms with Crippen LogP contribution >= 0.6 is 0 Å². The summed E-state index contributed by atoms with van der Waals surface area (Å²) < 4.78 is 4.53. The predicted molar refractivity (Wildman–Crippen MR) is 79.0 cm³/mol. The molecule has 7 heteroatoms. The topological polar surface area (TPSA) is 79.8 Å². The number of amides is 2. The van der Waals surface area contributed by atoms with E-state index in [2.05, 4.69) is 9.72 Å². The van der Waals surface area contributed by atoms with Crippen LogP contribution in [0.5, 0.6) is 0 Å². The summed E-state index contributed by atoms with van der Waals surface area (Å²) in [5.74, 6) is -0.561. The van der Waals surface area contributed by atoms with Crippen LogP contribution < -0.4 is 4.90 Å². The van der Waals surface area contributed by atoms with Crippen molar-refractivity contribution in [2.45, 2.75) is 19.3 Å². The second-order valence-corrected chi connectivity index (χ2v) is 5.00. The number of hydrogen-bond donors (Lipinski definition) is 0. The fraction of sp³-hybridized carbons (Fsp3) is 0.467. The largest absolute Gasteiger partial charge is 0.469 e. The first-order valence-electron chi connectivity index (χ1n) is 7.17. The van der Waals surface area contributed by atoms with E-state index in [0.29, 0.717) is 19.5 Å². The van der Waals surface area contributed by atoms with Crippen molar-refractivity contribution in [1.82, 2.24) is 9.88 Å². The maximum atomic E-state index is 12.2. The van der Waals surface area contributed by atoms with Crippen LogP contribution in [0.3, 0.4) is 0 Å². The molecular weight excluding hydrogens is 286 g/mol. The zero-order valence-electron chi connectivity index (χ0n) is 12.5. The molecule has 7 nitrogen and oxygen atoms in total. The number of nitrogens with zero attached hydrogens (tertiary/aromatic N) is 3. The first kappa shape index (κ1) is 15.9. The monoisotopic (exact) mass is 305 g/mol. The average molecular weight is 305 g/mol. The van der Waals surface area contributed by atoms with Crippen molar-refractivity contribution in [3.8, 4) is 0 Å². The van der Waals surface area contributed by atoms with Crippen molar-refractivity contribution in [2.24, 2.45) is 0 Å². The Morgan fingerprint density at radius 2 is 2.14 bits per heavy atom. The van der Waals surface area contributed by atoms with E-state index >= 15 is 0 Å². The van der Waals surface area contributed by atoms with Gasteiger partial charge in [-0.15, -0.1) is 0 Å². The van der Waals surface area contributed by atoms with Gasteiger partial charge in [0.25, 0.3) is 0 Å². The normalized spacial score (nSPS) is 14.9. The maximum absolute atomic E-state index is 12.2. The van der Waals surface area contributed by atoms with Gasteiger partial charge in [0.15, 0.2) is 0 Å². The molecule has 0 unspecified atom stereocenters. The van der Waals surface area contributed by atoms with Gasteiger partial charge in [-0.25, -0.2) is 0 Å². The molecule has 2 amide bonds. The number of anilines is 1. The molecule has 0 spiro atoms. The van der Waals surface area contributed by atoms with Gasteiger partial charge in [0.1, 0.15) is 6.54 Å². The minimum Gasteiger partial charge on any atom is -0.469 e. The Kier molecular flexibility index (Phi) is 5.46. The van der Waals surface area contributed by atoms with Gasteiger partial charge in [0.2, 0.25) is 11.8 Å². The molecule has 22 heavy (non-hydrogen) atoms. The van der Waals surface area contributed by atoms with Crippen LogP contribution in [0, 0.1) is 0 Å². The summed E-state index contributed by atoms with van der Waals surface area (Å²) in [5, 5.41) is 0. The minimum atomic E-state index is -0.328. The Balaban J connectivity index is 1.83. The van der Waals surface area contributed by atoms with Gasteiger partial charge < -0.3 is 14.5 Å². The number of piperazine rings is 1. The summed E-state index contributed by atoms with van der Waals surface area (Å²) in [6, 6.07) is 3.59. The number of carbonyl (C=O) groups is 3. The maximum Gasteiger partial charge on any atom is 0.305 e. The van der Waals surface area contributed by atoms with E-state index in [-0.39, 0.29) is 37.2 Å². The lowest BCUT2D eigenvalue weighted by Gasteiger charge is -2.34. The standard InChI is InChI=1S/C15H19N3O4/c1-22-15(21)6-2-5-13(19)17-8-9-18(14(20)11-17)12-4-3-7-16-10-12/h3-4,7,10H,2,5-6,8-9,11H2,1H3.